The summed E-state index contributed by atoms with van der Waals surface area (Å²) in [7, 11) is 0. The van der Waals surface area contributed by atoms with E-state index in [-0.39, 0.29) is 5.54 Å². The minimum Gasteiger partial charge on any atom is -0.370 e. The third-order valence-corrected chi connectivity index (χ3v) is 4.44. The van der Waals surface area contributed by atoms with Crippen molar-refractivity contribution >= 4 is 5.96 Å². The number of hydrogen-bond acceptors (Lipinski definition) is 4. The van der Waals surface area contributed by atoms with Crippen LogP contribution >= 0.6 is 0 Å². The highest BCUT2D eigenvalue weighted by Crippen LogP contribution is 2.41. The molecule has 1 spiro atoms. The normalized spacial score (nSPS) is 39.8. The van der Waals surface area contributed by atoms with Crippen molar-refractivity contribution in [3.63, 3.8) is 0 Å². The van der Waals surface area contributed by atoms with Gasteiger partial charge in [0.15, 0.2) is 5.96 Å². The van der Waals surface area contributed by atoms with Gasteiger partial charge >= 0.3 is 0 Å². The summed E-state index contributed by atoms with van der Waals surface area (Å²) in [5.41, 5.74) is 6.21. The molecule has 4 nitrogen and oxygen atoms in total. The van der Waals surface area contributed by atoms with Crippen molar-refractivity contribution in [2.24, 2.45) is 10.7 Å². The lowest BCUT2D eigenvalue weighted by molar-refractivity contribution is 0.195. The molecule has 0 radical (unpaired) electrons. The molecule has 4 heteroatoms. The molecule has 2 atom stereocenters. The number of rotatable bonds is 2. The van der Waals surface area contributed by atoms with Crippen LogP contribution in [0.3, 0.4) is 0 Å². The van der Waals surface area contributed by atoms with Gasteiger partial charge in [0.1, 0.15) is 0 Å². The third-order valence-electron chi connectivity index (χ3n) is 4.44. The Morgan fingerprint density at radius 3 is 2.88 bits per heavy atom. The van der Waals surface area contributed by atoms with Gasteiger partial charge in [-0.3, -0.25) is 9.89 Å². The Hall–Kier alpha value is -0.770. The highest BCUT2D eigenvalue weighted by molar-refractivity contribution is 5.81. The van der Waals surface area contributed by atoms with Crippen LogP contribution in [0.5, 0.6) is 0 Å². The monoisotopic (exact) mass is 222 g/mol. The van der Waals surface area contributed by atoms with Gasteiger partial charge in [0.05, 0.1) is 12.1 Å². The second-order valence-corrected chi connectivity index (χ2v) is 5.60. The molecule has 90 valence electrons. The molecule has 2 N–H and O–H groups in total. The van der Waals surface area contributed by atoms with E-state index >= 15 is 0 Å². The fourth-order valence-electron chi connectivity index (χ4n) is 3.57. The third kappa shape index (κ3) is 1.35. The van der Waals surface area contributed by atoms with Gasteiger partial charge in [0.2, 0.25) is 0 Å². The summed E-state index contributed by atoms with van der Waals surface area (Å²) < 4.78 is 0. The fourth-order valence-corrected chi connectivity index (χ4v) is 3.57. The zero-order chi connectivity index (χ0) is 11.3. The van der Waals surface area contributed by atoms with Gasteiger partial charge in [-0.2, -0.15) is 0 Å². The number of likely N-dealkylation sites (tertiary alicyclic amines) is 1. The van der Waals surface area contributed by atoms with Gasteiger partial charge in [-0.05, 0) is 33.1 Å². The molecule has 3 aliphatic rings. The van der Waals surface area contributed by atoms with Crippen LogP contribution in [-0.4, -0.2) is 53.0 Å². The summed E-state index contributed by atoms with van der Waals surface area (Å²) in [6.45, 7) is 7.59. The predicted molar refractivity (Wildman–Crippen MR) is 65.4 cm³/mol. The molecule has 0 aromatic carbocycles. The van der Waals surface area contributed by atoms with Crippen molar-refractivity contribution in [3.8, 4) is 0 Å². The van der Waals surface area contributed by atoms with Crippen molar-refractivity contribution in [3.05, 3.63) is 0 Å². The van der Waals surface area contributed by atoms with E-state index in [1.54, 1.807) is 0 Å². The van der Waals surface area contributed by atoms with Crippen LogP contribution in [0.4, 0.5) is 0 Å². The Bertz CT molecular complexity index is 323. The van der Waals surface area contributed by atoms with E-state index in [2.05, 4.69) is 28.6 Å². The summed E-state index contributed by atoms with van der Waals surface area (Å²) >= 11 is 0. The first-order chi connectivity index (χ1) is 7.66. The maximum Gasteiger partial charge on any atom is 0.191 e. The molecule has 0 aromatic rings. The highest BCUT2D eigenvalue weighted by atomic mass is 15.4. The lowest BCUT2D eigenvalue weighted by Crippen LogP contribution is -2.53. The first kappa shape index (κ1) is 10.4. The van der Waals surface area contributed by atoms with Gasteiger partial charge in [-0.25, -0.2) is 0 Å². The van der Waals surface area contributed by atoms with Crippen molar-refractivity contribution < 1.29 is 0 Å². The number of aliphatic imine (C=N–C) groups is 1. The summed E-state index contributed by atoms with van der Waals surface area (Å²) in [6, 6.07) is 1.55. The van der Waals surface area contributed by atoms with E-state index in [9.17, 15) is 0 Å². The first-order valence-electron chi connectivity index (χ1n) is 6.49. The van der Waals surface area contributed by atoms with Gasteiger partial charge < -0.3 is 10.6 Å². The molecule has 2 heterocycles. The first-order valence-corrected chi connectivity index (χ1v) is 6.49. The van der Waals surface area contributed by atoms with E-state index in [4.69, 9.17) is 5.73 Å². The topological polar surface area (TPSA) is 44.9 Å². The van der Waals surface area contributed by atoms with Gasteiger partial charge in [-0.1, -0.05) is 0 Å². The Labute approximate surface area is 97.5 Å². The maximum atomic E-state index is 5.98. The quantitative estimate of drug-likeness (QED) is 0.745. The van der Waals surface area contributed by atoms with Crippen LogP contribution in [0.15, 0.2) is 4.99 Å². The number of likely N-dealkylation sites (N-methyl/N-ethyl adjacent to an activating group) is 1. The van der Waals surface area contributed by atoms with Crippen molar-refractivity contribution in [2.45, 2.75) is 50.7 Å². The van der Waals surface area contributed by atoms with Crippen LogP contribution in [0.1, 0.15) is 33.1 Å². The molecular weight excluding hydrogens is 200 g/mol. The second kappa shape index (κ2) is 3.36. The van der Waals surface area contributed by atoms with E-state index in [1.807, 2.05) is 0 Å². The van der Waals surface area contributed by atoms with Crippen LogP contribution < -0.4 is 5.73 Å². The van der Waals surface area contributed by atoms with Crippen molar-refractivity contribution in [1.82, 2.24) is 9.80 Å². The smallest absolute Gasteiger partial charge is 0.191 e. The number of guanidine groups is 1. The largest absolute Gasteiger partial charge is 0.370 e. The molecule has 1 saturated heterocycles. The van der Waals surface area contributed by atoms with E-state index < -0.39 is 0 Å². The minimum absolute atomic E-state index is 0.223. The molecule has 0 bridgehead atoms. The Balaban J connectivity index is 1.80. The molecule has 0 aromatic heterocycles. The number of hydrogen-bond donors (Lipinski definition) is 1. The number of nitrogens with zero attached hydrogens (tertiary/aromatic N) is 3. The van der Waals surface area contributed by atoms with Gasteiger partial charge in [0, 0.05) is 25.2 Å². The maximum absolute atomic E-state index is 5.98. The highest BCUT2D eigenvalue weighted by Gasteiger charge is 2.52. The number of nitrogens with two attached hydrogens (primary N) is 1. The molecular formula is C12H22N4. The zero-order valence-corrected chi connectivity index (χ0v) is 10.3. The molecule has 3 rings (SSSR count). The van der Waals surface area contributed by atoms with Crippen LogP contribution in [-0.2, 0) is 0 Å². The summed E-state index contributed by atoms with van der Waals surface area (Å²) in [5, 5.41) is 0. The molecule has 1 saturated carbocycles. The Kier molecular flexibility index (Phi) is 2.18. The van der Waals surface area contributed by atoms with Crippen LogP contribution in [0.2, 0.25) is 0 Å². The predicted octanol–water partition coefficient (Wildman–Crippen LogP) is 0.632. The Morgan fingerprint density at radius 2 is 2.25 bits per heavy atom. The lowest BCUT2D eigenvalue weighted by atomic mass is 9.95. The van der Waals surface area contributed by atoms with Crippen LogP contribution in [0.25, 0.3) is 0 Å². The average Bonchev–Trinajstić information content (AvgIpc) is 2.97. The summed E-state index contributed by atoms with van der Waals surface area (Å²) in [5.74, 6) is 0.757. The molecule has 2 unspecified atom stereocenters. The average molecular weight is 222 g/mol. The fraction of sp³-hybridized carbons (Fsp3) is 0.917. The van der Waals surface area contributed by atoms with Crippen molar-refractivity contribution in [2.75, 3.05) is 19.6 Å². The van der Waals surface area contributed by atoms with E-state index in [0.29, 0.717) is 6.04 Å². The molecule has 1 aliphatic carbocycles. The molecule has 16 heavy (non-hydrogen) atoms. The minimum atomic E-state index is 0.223. The second-order valence-electron chi connectivity index (χ2n) is 5.60. The molecule has 2 aliphatic heterocycles. The van der Waals surface area contributed by atoms with E-state index in [0.717, 1.165) is 31.6 Å². The zero-order valence-electron chi connectivity index (χ0n) is 10.3. The molecule has 0 amide bonds. The van der Waals surface area contributed by atoms with Gasteiger partial charge in [0.25, 0.3) is 0 Å². The summed E-state index contributed by atoms with van der Waals surface area (Å²) in [4.78, 5) is 9.47. The van der Waals surface area contributed by atoms with Crippen LogP contribution in [0, 0.1) is 0 Å². The Morgan fingerprint density at radius 1 is 1.50 bits per heavy atom. The molecule has 2 fully saturated rings. The summed E-state index contributed by atoms with van der Waals surface area (Å²) in [6.07, 6.45) is 4.01. The lowest BCUT2D eigenvalue weighted by Gasteiger charge is -2.35. The SMILES string of the molecule is CCN1C(N)=NCC12CC(C)N(C1CC1)C2. The van der Waals surface area contributed by atoms with E-state index in [1.165, 1.54) is 19.3 Å². The van der Waals surface area contributed by atoms with Gasteiger partial charge in [-0.15, -0.1) is 0 Å². The standard InChI is InChI=1S/C12H22N4/c1-3-16-11(13)14-7-12(16)6-9(2)15(8-12)10-4-5-10/h9-10H,3-8H2,1-2H3,(H2,13,14). The van der Waals surface area contributed by atoms with Crippen molar-refractivity contribution in [1.29, 1.82) is 0 Å².